The Morgan fingerprint density at radius 1 is 1.27 bits per heavy atom. The predicted molar refractivity (Wildman–Crippen MR) is 98.3 cm³/mol. The molecule has 0 spiro atoms. The van der Waals surface area contributed by atoms with E-state index in [0.29, 0.717) is 25.5 Å². The van der Waals surface area contributed by atoms with Crippen molar-refractivity contribution in [2.45, 2.75) is 32.1 Å². The highest BCUT2D eigenvalue weighted by atomic mass is 16.5. The lowest BCUT2D eigenvalue weighted by atomic mass is 9.96. The molecule has 6 nitrogen and oxygen atoms in total. The molecule has 26 heavy (non-hydrogen) atoms. The Kier molecular flexibility index (Phi) is 6.17. The van der Waals surface area contributed by atoms with E-state index in [2.05, 4.69) is 9.97 Å². The summed E-state index contributed by atoms with van der Waals surface area (Å²) < 4.78 is 10.9. The van der Waals surface area contributed by atoms with Crippen LogP contribution in [-0.2, 0) is 9.53 Å². The fraction of sp³-hybridized carbons (Fsp3) is 0.450. The van der Waals surface area contributed by atoms with Crippen LogP contribution >= 0.6 is 0 Å². The number of amides is 1. The van der Waals surface area contributed by atoms with Crippen LogP contribution in [0.25, 0.3) is 0 Å². The Morgan fingerprint density at radius 3 is 2.85 bits per heavy atom. The average molecular weight is 355 g/mol. The minimum Gasteiger partial charge on any atom is -0.439 e. The number of hydrogen-bond donors (Lipinski definition) is 0. The van der Waals surface area contributed by atoms with Crippen molar-refractivity contribution in [3.63, 3.8) is 0 Å². The Labute approximate surface area is 154 Å². The van der Waals surface area contributed by atoms with Gasteiger partial charge in [0, 0.05) is 37.9 Å². The number of para-hydroxylation sites is 1. The van der Waals surface area contributed by atoms with Crippen molar-refractivity contribution in [2.24, 2.45) is 0 Å². The maximum absolute atomic E-state index is 12.3. The van der Waals surface area contributed by atoms with E-state index in [-0.39, 0.29) is 11.8 Å². The van der Waals surface area contributed by atoms with Crippen LogP contribution in [0.3, 0.4) is 0 Å². The largest absolute Gasteiger partial charge is 0.439 e. The van der Waals surface area contributed by atoms with E-state index in [4.69, 9.17) is 9.47 Å². The first-order valence-electron chi connectivity index (χ1n) is 9.01. The molecule has 1 atom stereocenters. The molecule has 2 heterocycles. The first-order valence-corrected chi connectivity index (χ1v) is 9.01. The fourth-order valence-electron chi connectivity index (χ4n) is 3.17. The molecule has 1 aromatic heterocycles. The molecule has 0 radical (unpaired) electrons. The van der Waals surface area contributed by atoms with Crippen molar-refractivity contribution in [3.8, 4) is 11.6 Å². The van der Waals surface area contributed by atoms with Crippen LogP contribution in [0.4, 0.5) is 0 Å². The van der Waals surface area contributed by atoms with Crippen LogP contribution in [0.15, 0.2) is 36.4 Å². The van der Waals surface area contributed by atoms with Crippen LogP contribution in [0.5, 0.6) is 11.6 Å². The van der Waals surface area contributed by atoms with Crippen LogP contribution in [0, 0.1) is 6.92 Å². The second-order valence-corrected chi connectivity index (χ2v) is 6.54. The average Bonchev–Trinajstić information content (AvgIpc) is 2.66. The van der Waals surface area contributed by atoms with Crippen molar-refractivity contribution in [1.82, 2.24) is 14.9 Å². The van der Waals surface area contributed by atoms with Crippen LogP contribution < -0.4 is 4.74 Å². The number of ether oxygens (including phenoxy) is 2. The maximum Gasteiger partial charge on any atom is 0.224 e. The molecule has 2 aromatic rings. The first-order chi connectivity index (χ1) is 12.7. The number of likely N-dealkylation sites (tertiary alicyclic amines) is 1. The summed E-state index contributed by atoms with van der Waals surface area (Å²) in [6.45, 7) is 3.83. The van der Waals surface area contributed by atoms with Crippen molar-refractivity contribution >= 4 is 5.91 Å². The molecule has 1 unspecified atom stereocenters. The second-order valence-electron chi connectivity index (χ2n) is 6.54. The molecule has 1 saturated heterocycles. The van der Waals surface area contributed by atoms with Gasteiger partial charge in [-0.2, -0.15) is 4.98 Å². The molecule has 1 aliphatic heterocycles. The van der Waals surface area contributed by atoms with Gasteiger partial charge in [-0.05, 0) is 31.9 Å². The zero-order valence-electron chi connectivity index (χ0n) is 15.4. The number of carbonyl (C=O) groups excluding carboxylic acids is 1. The third kappa shape index (κ3) is 4.79. The highest BCUT2D eigenvalue weighted by Crippen LogP contribution is 2.27. The van der Waals surface area contributed by atoms with Gasteiger partial charge in [0.1, 0.15) is 11.6 Å². The van der Waals surface area contributed by atoms with Gasteiger partial charge in [-0.3, -0.25) is 4.79 Å². The number of hydrogen-bond acceptors (Lipinski definition) is 5. The number of rotatable bonds is 6. The van der Waals surface area contributed by atoms with E-state index in [9.17, 15) is 4.79 Å². The Hall–Kier alpha value is -2.47. The van der Waals surface area contributed by atoms with E-state index >= 15 is 0 Å². The lowest BCUT2D eigenvalue weighted by Gasteiger charge is -2.32. The normalized spacial score (nSPS) is 17.2. The highest BCUT2D eigenvalue weighted by Gasteiger charge is 2.26. The predicted octanol–water partition coefficient (Wildman–Crippen LogP) is 3.32. The van der Waals surface area contributed by atoms with Crippen LogP contribution in [-0.4, -0.2) is 47.6 Å². The number of piperidine rings is 1. The molecule has 1 amide bonds. The number of aryl methyl sites for hydroxylation is 1. The summed E-state index contributed by atoms with van der Waals surface area (Å²) in [5.74, 6) is 2.30. The van der Waals surface area contributed by atoms with Gasteiger partial charge in [0.2, 0.25) is 11.8 Å². The van der Waals surface area contributed by atoms with Gasteiger partial charge < -0.3 is 14.4 Å². The van der Waals surface area contributed by atoms with Gasteiger partial charge in [-0.25, -0.2) is 4.98 Å². The molecule has 0 N–H and O–H groups in total. The molecule has 1 fully saturated rings. The summed E-state index contributed by atoms with van der Waals surface area (Å²) in [7, 11) is 1.61. The number of carbonyl (C=O) groups is 1. The number of benzene rings is 1. The Balaban J connectivity index is 1.72. The van der Waals surface area contributed by atoms with Gasteiger partial charge in [-0.15, -0.1) is 0 Å². The van der Waals surface area contributed by atoms with Gasteiger partial charge in [-0.1, -0.05) is 18.2 Å². The molecule has 1 aromatic carbocycles. The van der Waals surface area contributed by atoms with Crippen molar-refractivity contribution in [1.29, 1.82) is 0 Å². The van der Waals surface area contributed by atoms with E-state index in [1.165, 1.54) is 0 Å². The molecule has 0 aliphatic carbocycles. The molecular weight excluding hydrogens is 330 g/mol. The smallest absolute Gasteiger partial charge is 0.224 e. The summed E-state index contributed by atoms with van der Waals surface area (Å²) >= 11 is 0. The quantitative estimate of drug-likeness (QED) is 0.795. The topological polar surface area (TPSA) is 64.5 Å². The van der Waals surface area contributed by atoms with Gasteiger partial charge >= 0.3 is 0 Å². The minimum absolute atomic E-state index is 0.130. The number of nitrogens with zero attached hydrogens (tertiary/aromatic N) is 3. The monoisotopic (exact) mass is 355 g/mol. The molecule has 3 rings (SSSR count). The summed E-state index contributed by atoms with van der Waals surface area (Å²) in [4.78, 5) is 23.4. The molecule has 6 heteroatoms. The first kappa shape index (κ1) is 18.3. The SMILES string of the molecule is COCCC(=O)N1CCCC(c2nc(C)cc(Oc3ccccc3)n2)C1. The Morgan fingerprint density at radius 2 is 2.08 bits per heavy atom. The minimum atomic E-state index is 0.130. The summed E-state index contributed by atoms with van der Waals surface area (Å²) in [6, 6.07) is 11.4. The molecule has 0 bridgehead atoms. The highest BCUT2D eigenvalue weighted by molar-refractivity contribution is 5.76. The lowest BCUT2D eigenvalue weighted by molar-refractivity contribution is -0.133. The zero-order chi connectivity index (χ0) is 18.4. The van der Waals surface area contributed by atoms with E-state index in [1.807, 2.05) is 48.2 Å². The standard InChI is InChI=1S/C20H25N3O3/c1-15-13-18(26-17-8-4-3-5-9-17)22-20(21-15)16-7-6-11-23(14-16)19(24)10-12-25-2/h3-5,8-9,13,16H,6-7,10-12,14H2,1-2H3. The molecule has 0 saturated carbocycles. The van der Waals surface area contributed by atoms with Crippen molar-refractivity contribution in [2.75, 3.05) is 26.8 Å². The summed E-state index contributed by atoms with van der Waals surface area (Å²) in [5, 5.41) is 0. The van der Waals surface area contributed by atoms with Gasteiger partial charge in [0.25, 0.3) is 0 Å². The molecule has 1 aliphatic rings. The van der Waals surface area contributed by atoms with Crippen LogP contribution in [0.2, 0.25) is 0 Å². The lowest BCUT2D eigenvalue weighted by Crippen LogP contribution is -2.39. The summed E-state index contributed by atoms with van der Waals surface area (Å²) in [5.41, 5.74) is 0.865. The Bertz CT molecular complexity index is 736. The zero-order valence-corrected chi connectivity index (χ0v) is 15.4. The van der Waals surface area contributed by atoms with Crippen LogP contribution in [0.1, 0.15) is 36.7 Å². The maximum atomic E-state index is 12.3. The van der Waals surface area contributed by atoms with E-state index < -0.39 is 0 Å². The fourth-order valence-corrected chi connectivity index (χ4v) is 3.17. The second kappa shape index (κ2) is 8.76. The van der Waals surface area contributed by atoms with Crippen molar-refractivity contribution in [3.05, 3.63) is 47.9 Å². The summed E-state index contributed by atoms with van der Waals surface area (Å²) in [6.07, 6.45) is 2.35. The van der Waals surface area contributed by atoms with E-state index in [1.54, 1.807) is 7.11 Å². The number of methoxy groups -OCH3 is 1. The third-order valence-electron chi connectivity index (χ3n) is 4.47. The van der Waals surface area contributed by atoms with Gasteiger partial charge in [0.15, 0.2) is 0 Å². The molecule has 138 valence electrons. The third-order valence-corrected chi connectivity index (χ3v) is 4.47. The molecular formula is C20H25N3O3. The van der Waals surface area contributed by atoms with E-state index in [0.717, 1.165) is 36.7 Å². The van der Waals surface area contributed by atoms with Crippen molar-refractivity contribution < 1.29 is 14.3 Å². The van der Waals surface area contributed by atoms with Gasteiger partial charge in [0.05, 0.1) is 13.0 Å². The number of aromatic nitrogens is 2.